The quantitative estimate of drug-likeness (QED) is 0.284. The van der Waals surface area contributed by atoms with Crippen molar-refractivity contribution in [1.82, 2.24) is 25.5 Å². The molecule has 0 bridgehead atoms. The lowest BCUT2D eigenvalue weighted by molar-refractivity contribution is -0.147. The number of amides is 3. The minimum Gasteiger partial charge on any atom is -0.381 e. The summed E-state index contributed by atoms with van der Waals surface area (Å²) < 4.78 is 38.1. The molecule has 0 radical (unpaired) electrons. The lowest BCUT2D eigenvalue weighted by Gasteiger charge is -2.33. The molecule has 234 valence electrons. The summed E-state index contributed by atoms with van der Waals surface area (Å²) in [5.74, 6) is -3.88. The standard InChI is InChI=1S/C30H32F3N5O5S/c1-17-9-7-8-12-19(17)14-34-26(42)23-29(2,3)44-16-38(23)27(43)22(39)21(13-18-10-5-4-6-11-18)36-24(40)20-15-35-28(30(31,32)33)37-25(20)41/h4-12,15,21-23,39H,13-14,16H2,1-3H3,(H,34,42)(H,36,40)(H,35,37,41)/t21-,22-,23?/m0/s1. The van der Waals surface area contributed by atoms with E-state index in [0.717, 1.165) is 11.1 Å². The van der Waals surface area contributed by atoms with Crippen LogP contribution >= 0.6 is 11.8 Å². The first-order valence-corrected chi connectivity index (χ1v) is 14.6. The maximum Gasteiger partial charge on any atom is 0.449 e. The van der Waals surface area contributed by atoms with E-state index in [1.807, 2.05) is 45.0 Å². The number of aliphatic hydroxyl groups is 1. The highest BCUT2D eigenvalue weighted by Crippen LogP contribution is 2.40. The summed E-state index contributed by atoms with van der Waals surface area (Å²) in [6, 6.07) is 13.8. The van der Waals surface area contributed by atoms with Crippen LogP contribution in [0.1, 0.15) is 46.7 Å². The van der Waals surface area contributed by atoms with Crippen LogP contribution < -0.4 is 16.2 Å². The third-order valence-corrected chi connectivity index (χ3v) is 8.73. The van der Waals surface area contributed by atoms with Crippen LogP contribution in [0.5, 0.6) is 0 Å². The fraction of sp³-hybridized carbons (Fsp3) is 0.367. The Hall–Kier alpha value is -4.17. The summed E-state index contributed by atoms with van der Waals surface area (Å²) in [6.07, 6.45) is -6.39. The fourth-order valence-corrected chi connectivity index (χ4v) is 6.04. The third kappa shape index (κ3) is 7.48. The lowest BCUT2D eigenvalue weighted by atomic mass is 9.97. The van der Waals surface area contributed by atoms with Crippen LogP contribution in [0.25, 0.3) is 0 Å². The number of hydrogen-bond donors (Lipinski definition) is 4. The highest BCUT2D eigenvalue weighted by molar-refractivity contribution is 8.00. The van der Waals surface area contributed by atoms with Crippen molar-refractivity contribution in [3.63, 3.8) is 0 Å². The number of H-pyrrole nitrogens is 1. The SMILES string of the molecule is Cc1ccccc1CNC(=O)C1N(C(=O)[C@@H](O)[C@H](Cc2ccccc2)NC(=O)c2cnc(C(F)(F)F)[nH]c2=O)CSC1(C)C. The largest absolute Gasteiger partial charge is 0.449 e. The van der Waals surface area contributed by atoms with Gasteiger partial charge in [0.2, 0.25) is 11.7 Å². The zero-order valence-corrected chi connectivity index (χ0v) is 25.0. The Morgan fingerprint density at radius 1 is 1.14 bits per heavy atom. The van der Waals surface area contributed by atoms with Gasteiger partial charge >= 0.3 is 6.18 Å². The molecule has 3 aromatic rings. The maximum atomic E-state index is 13.8. The molecule has 3 amide bonds. The summed E-state index contributed by atoms with van der Waals surface area (Å²) in [5, 5.41) is 16.6. The first-order valence-electron chi connectivity index (χ1n) is 13.6. The van der Waals surface area contributed by atoms with Gasteiger partial charge < -0.3 is 25.6 Å². The number of rotatable bonds is 9. The van der Waals surface area contributed by atoms with E-state index in [0.29, 0.717) is 11.8 Å². The zero-order valence-electron chi connectivity index (χ0n) is 24.1. The van der Waals surface area contributed by atoms with Crippen LogP contribution in [0.2, 0.25) is 0 Å². The molecule has 1 aromatic heterocycles. The summed E-state index contributed by atoms with van der Waals surface area (Å²) in [4.78, 5) is 58.5. The Kier molecular flexibility index (Phi) is 9.84. The summed E-state index contributed by atoms with van der Waals surface area (Å²) >= 11 is 1.35. The van der Waals surface area contributed by atoms with Gasteiger partial charge in [-0.25, -0.2) is 4.98 Å². The number of thioether (sulfide) groups is 1. The molecular weight excluding hydrogens is 599 g/mol. The molecule has 4 rings (SSSR count). The number of alkyl halides is 3. The molecule has 14 heteroatoms. The zero-order chi connectivity index (χ0) is 32.2. The van der Waals surface area contributed by atoms with E-state index in [1.165, 1.54) is 21.6 Å². The van der Waals surface area contributed by atoms with E-state index in [1.54, 1.807) is 30.3 Å². The molecule has 3 atom stereocenters. The molecule has 4 N–H and O–H groups in total. The van der Waals surface area contributed by atoms with Crippen LogP contribution in [0.3, 0.4) is 0 Å². The number of nitrogens with one attached hydrogen (secondary N) is 3. The van der Waals surface area contributed by atoms with Gasteiger partial charge in [0.15, 0.2) is 6.10 Å². The number of halogens is 3. The van der Waals surface area contributed by atoms with E-state index in [9.17, 15) is 37.5 Å². The highest BCUT2D eigenvalue weighted by atomic mass is 32.2. The lowest BCUT2D eigenvalue weighted by Crippen LogP contribution is -2.58. The number of carbonyl (C=O) groups excluding carboxylic acids is 3. The Morgan fingerprint density at radius 3 is 2.43 bits per heavy atom. The minimum atomic E-state index is -4.93. The minimum absolute atomic E-state index is 0.0695. The number of nitrogens with zero attached hydrogens (tertiary/aromatic N) is 2. The molecule has 1 unspecified atom stereocenters. The second-order valence-corrected chi connectivity index (χ2v) is 12.5. The van der Waals surface area contributed by atoms with Gasteiger partial charge in [0.05, 0.1) is 11.9 Å². The van der Waals surface area contributed by atoms with Gasteiger partial charge in [0, 0.05) is 17.5 Å². The molecule has 0 saturated carbocycles. The fourth-order valence-electron chi connectivity index (χ4n) is 4.90. The number of carbonyl (C=O) groups is 3. The van der Waals surface area contributed by atoms with Gasteiger partial charge in [-0.2, -0.15) is 13.2 Å². The molecule has 1 saturated heterocycles. The van der Waals surface area contributed by atoms with Crippen LogP contribution in [-0.4, -0.2) is 66.5 Å². The molecule has 2 aromatic carbocycles. The van der Waals surface area contributed by atoms with Gasteiger partial charge in [0.25, 0.3) is 17.4 Å². The number of aryl methyl sites for hydroxylation is 1. The van der Waals surface area contributed by atoms with Gasteiger partial charge in [-0.1, -0.05) is 54.6 Å². The van der Waals surface area contributed by atoms with Crippen LogP contribution in [0, 0.1) is 6.92 Å². The molecule has 1 aliphatic heterocycles. The number of aromatic nitrogens is 2. The average molecular weight is 632 g/mol. The Balaban J connectivity index is 1.57. The van der Waals surface area contributed by atoms with Crippen molar-refractivity contribution in [2.75, 3.05) is 5.88 Å². The second-order valence-electron chi connectivity index (χ2n) is 10.9. The van der Waals surface area contributed by atoms with Crippen molar-refractivity contribution in [2.24, 2.45) is 0 Å². The normalized spacial score (nSPS) is 17.5. The van der Waals surface area contributed by atoms with Crippen LogP contribution in [-0.2, 0) is 28.7 Å². The van der Waals surface area contributed by atoms with Crippen molar-refractivity contribution in [3.8, 4) is 0 Å². The van der Waals surface area contributed by atoms with E-state index >= 15 is 0 Å². The molecule has 2 heterocycles. The van der Waals surface area contributed by atoms with Crippen LogP contribution in [0.4, 0.5) is 13.2 Å². The number of aliphatic hydroxyl groups excluding tert-OH is 1. The second kappa shape index (κ2) is 13.2. The first-order chi connectivity index (χ1) is 20.7. The Labute approximate surface area is 255 Å². The topological polar surface area (TPSA) is 144 Å². The molecule has 0 spiro atoms. The Morgan fingerprint density at radius 2 is 1.80 bits per heavy atom. The average Bonchev–Trinajstić information content (AvgIpc) is 3.30. The van der Waals surface area contributed by atoms with E-state index in [4.69, 9.17) is 0 Å². The molecule has 10 nitrogen and oxygen atoms in total. The van der Waals surface area contributed by atoms with Crippen molar-refractivity contribution in [1.29, 1.82) is 0 Å². The number of hydrogen-bond acceptors (Lipinski definition) is 7. The van der Waals surface area contributed by atoms with Crippen molar-refractivity contribution >= 4 is 29.5 Å². The predicted molar refractivity (Wildman–Crippen MR) is 157 cm³/mol. The van der Waals surface area contributed by atoms with E-state index < -0.39 is 63.8 Å². The van der Waals surface area contributed by atoms with Crippen molar-refractivity contribution in [2.45, 2.75) is 62.8 Å². The monoisotopic (exact) mass is 631 g/mol. The highest BCUT2D eigenvalue weighted by Gasteiger charge is 2.49. The Bertz CT molecular complexity index is 1580. The third-order valence-electron chi connectivity index (χ3n) is 7.35. The maximum absolute atomic E-state index is 13.8. The first kappa shape index (κ1) is 32.7. The summed E-state index contributed by atoms with van der Waals surface area (Å²) in [5.41, 5.74) is 0.431. The van der Waals surface area contributed by atoms with E-state index in [-0.39, 0.29) is 18.8 Å². The van der Waals surface area contributed by atoms with Crippen molar-refractivity contribution < 1.29 is 32.7 Å². The molecule has 0 aliphatic carbocycles. The van der Waals surface area contributed by atoms with E-state index in [2.05, 4.69) is 15.6 Å². The van der Waals surface area contributed by atoms with Crippen LogP contribution in [0.15, 0.2) is 65.6 Å². The van der Waals surface area contributed by atoms with Gasteiger partial charge in [-0.3, -0.25) is 19.2 Å². The van der Waals surface area contributed by atoms with Gasteiger partial charge in [0.1, 0.15) is 11.6 Å². The predicted octanol–water partition coefficient (Wildman–Crippen LogP) is 2.80. The molecule has 1 fully saturated rings. The molecule has 1 aliphatic rings. The molecule has 44 heavy (non-hydrogen) atoms. The van der Waals surface area contributed by atoms with Gasteiger partial charge in [-0.15, -0.1) is 11.8 Å². The summed E-state index contributed by atoms with van der Waals surface area (Å²) in [7, 11) is 0. The molecular formula is C30H32F3N5O5S. The van der Waals surface area contributed by atoms with Crippen molar-refractivity contribution in [3.05, 3.63) is 99.2 Å². The number of benzene rings is 2. The van der Waals surface area contributed by atoms with Gasteiger partial charge in [-0.05, 0) is 43.9 Å². The number of aromatic amines is 1. The smallest absolute Gasteiger partial charge is 0.381 e. The summed E-state index contributed by atoms with van der Waals surface area (Å²) in [6.45, 7) is 5.76.